The Morgan fingerprint density at radius 1 is 1.50 bits per heavy atom. The first-order valence-electron chi connectivity index (χ1n) is 6.38. The Balaban J connectivity index is 0.00000162. The van der Waals surface area contributed by atoms with Gasteiger partial charge in [-0.1, -0.05) is 19.0 Å². The molecule has 0 bridgehead atoms. The van der Waals surface area contributed by atoms with Crippen LogP contribution in [-0.4, -0.2) is 41.7 Å². The molecule has 0 spiro atoms. The molecule has 6 heteroatoms. The quantitative estimate of drug-likeness (QED) is 0.885. The zero-order valence-electron chi connectivity index (χ0n) is 11.3. The first kappa shape index (κ1) is 15.4. The summed E-state index contributed by atoms with van der Waals surface area (Å²) in [6.07, 6.45) is 1.26. The monoisotopic (exact) mass is 274 g/mol. The normalized spacial score (nSPS) is 20.3. The van der Waals surface area contributed by atoms with Gasteiger partial charge in [0, 0.05) is 12.5 Å². The van der Waals surface area contributed by atoms with Gasteiger partial charge in [0.25, 0.3) is 0 Å². The molecular weight excluding hydrogens is 252 g/mol. The van der Waals surface area contributed by atoms with E-state index in [9.17, 15) is 0 Å². The van der Waals surface area contributed by atoms with Crippen molar-refractivity contribution >= 4 is 12.4 Å². The van der Waals surface area contributed by atoms with Crippen molar-refractivity contribution < 1.29 is 4.52 Å². The van der Waals surface area contributed by atoms with Crippen LogP contribution in [0.3, 0.4) is 0 Å². The molecule has 0 aliphatic carbocycles. The second-order valence-electron chi connectivity index (χ2n) is 5.15. The molecule has 2 heterocycles. The first-order valence-corrected chi connectivity index (χ1v) is 6.38. The van der Waals surface area contributed by atoms with Gasteiger partial charge in [-0.05, 0) is 32.5 Å². The predicted octanol–water partition coefficient (Wildman–Crippen LogP) is 1.66. The zero-order valence-corrected chi connectivity index (χ0v) is 12.2. The van der Waals surface area contributed by atoms with Crippen LogP contribution in [0.25, 0.3) is 0 Å². The Bertz CT molecular complexity index is 356. The molecule has 1 aromatic rings. The molecule has 1 saturated heterocycles. The molecule has 1 unspecified atom stereocenters. The fourth-order valence-corrected chi connectivity index (χ4v) is 2.28. The molecular formula is C12H23ClN4O. The minimum Gasteiger partial charge on any atom is -0.339 e. The highest BCUT2D eigenvalue weighted by atomic mass is 35.5. The van der Waals surface area contributed by atoms with Crippen molar-refractivity contribution in [3.05, 3.63) is 11.7 Å². The molecule has 104 valence electrons. The maximum absolute atomic E-state index is 5.21. The molecule has 1 atom stereocenters. The summed E-state index contributed by atoms with van der Waals surface area (Å²) in [4.78, 5) is 6.81. The third-order valence-corrected chi connectivity index (χ3v) is 3.21. The van der Waals surface area contributed by atoms with Gasteiger partial charge in [0.1, 0.15) is 0 Å². The van der Waals surface area contributed by atoms with E-state index >= 15 is 0 Å². The number of nitrogens with one attached hydrogen (secondary N) is 1. The Morgan fingerprint density at radius 2 is 2.28 bits per heavy atom. The maximum Gasteiger partial charge on any atom is 0.229 e. The van der Waals surface area contributed by atoms with Crippen molar-refractivity contribution in [2.75, 3.05) is 26.7 Å². The van der Waals surface area contributed by atoms with Crippen LogP contribution in [0.5, 0.6) is 0 Å². The lowest BCUT2D eigenvalue weighted by molar-refractivity contribution is 0.296. The van der Waals surface area contributed by atoms with E-state index in [0.717, 1.165) is 43.8 Å². The largest absolute Gasteiger partial charge is 0.339 e. The smallest absolute Gasteiger partial charge is 0.229 e. The molecule has 1 fully saturated rings. The van der Waals surface area contributed by atoms with Crippen molar-refractivity contribution in [1.82, 2.24) is 20.4 Å². The van der Waals surface area contributed by atoms with Gasteiger partial charge in [-0.2, -0.15) is 4.98 Å². The third kappa shape index (κ3) is 3.93. The predicted molar refractivity (Wildman–Crippen MR) is 72.9 cm³/mol. The van der Waals surface area contributed by atoms with Crippen LogP contribution in [0.4, 0.5) is 0 Å². The highest BCUT2D eigenvalue weighted by molar-refractivity contribution is 5.85. The second kappa shape index (κ2) is 7.07. The minimum atomic E-state index is 0. The molecule has 1 aliphatic rings. The molecule has 0 radical (unpaired) electrons. The van der Waals surface area contributed by atoms with Gasteiger partial charge in [0.05, 0.1) is 6.54 Å². The summed E-state index contributed by atoms with van der Waals surface area (Å²) in [7, 11) is 2.01. The lowest BCUT2D eigenvalue weighted by atomic mass is 10.1. The number of hydrogen-bond donors (Lipinski definition) is 1. The van der Waals surface area contributed by atoms with Gasteiger partial charge in [0.2, 0.25) is 5.89 Å². The van der Waals surface area contributed by atoms with Crippen LogP contribution in [0, 0.1) is 5.92 Å². The van der Waals surface area contributed by atoms with E-state index < -0.39 is 0 Å². The van der Waals surface area contributed by atoms with E-state index in [1.165, 1.54) is 6.42 Å². The Kier molecular flexibility index (Phi) is 6.05. The van der Waals surface area contributed by atoms with E-state index in [0.29, 0.717) is 5.92 Å². The van der Waals surface area contributed by atoms with Crippen LogP contribution >= 0.6 is 12.4 Å². The fourth-order valence-electron chi connectivity index (χ4n) is 2.28. The van der Waals surface area contributed by atoms with Gasteiger partial charge in [-0.15, -0.1) is 12.4 Å². The van der Waals surface area contributed by atoms with Crippen molar-refractivity contribution in [1.29, 1.82) is 0 Å². The number of nitrogens with zero attached hydrogens (tertiary/aromatic N) is 3. The van der Waals surface area contributed by atoms with E-state index in [2.05, 4.69) is 34.2 Å². The van der Waals surface area contributed by atoms with Crippen molar-refractivity contribution in [3.63, 3.8) is 0 Å². The summed E-state index contributed by atoms with van der Waals surface area (Å²) in [6.45, 7) is 8.31. The highest BCUT2D eigenvalue weighted by Crippen LogP contribution is 2.18. The number of likely N-dealkylation sites (tertiary alicyclic amines) is 1. The summed E-state index contributed by atoms with van der Waals surface area (Å²) in [5.41, 5.74) is 0. The van der Waals surface area contributed by atoms with Crippen LogP contribution < -0.4 is 5.32 Å². The van der Waals surface area contributed by atoms with Gasteiger partial charge >= 0.3 is 0 Å². The fraction of sp³-hybridized carbons (Fsp3) is 0.833. The maximum atomic E-state index is 5.21. The molecule has 2 rings (SSSR count). The van der Waals surface area contributed by atoms with Crippen LogP contribution in [0.2, 0.25) is 0 Å². The van der Waals surface area contributed by atoms with Gasteiger partial charge in [0.15, 0.2) is 5.82 Å². The van der Waals surface area contributed by atoms with E-state index in [1.54, 1.807) is 0 Å². The van der Waals surface area contributed by atoms with Crippen LogP contribution in [0.15, 0.2) is 4.52 Å². The summed E-state index contributed by atoms with van der Waals surface area (Å²) < 4.78 is 5.21. The number of rotatable bonds is 5. The van der Waals surface area contributed by atoms with Crippen molar-refractivity contribution in [2.45, 2.75) is 32.7 Å². The molecule has 1 aliphatic heterocycles. The van der Waals surface area contributed by atoms with Crippen LogP contribution in [-0.2, 0) is 6.54 Å². The molecule has 18 heavy (non-hydrogen) atoms. The van der Waals surface area contributed by atoms with Crippen molar-refractivity contribution in [2.24, 2.45) is 5.92 Å². The average molecular weight is 275 g/mol. The first-order chi connectivity index (χ1) is 8.19. The zero-order chi connectivity index (χ0) is 12.3. The average Bonchev–Trinajstić information content (AvgIpc) is 2.89. The summed E-state index contributed by atoms with van der Waals surface area (Å²) in [6, 6.07) is 0. The standard InChI is InChI=1S/C12H22N4O.ClH/c1-9(2)12-14-11(15-17-12)8-16-5-4-10(7-16)6-13-3;/h9-10,13H,4-8H2,1-3H3;1H. The number of aromatic nitrogens is 2. The van der Waals surface area contributed by atoms with Crippen LogP contribution in [0.1, 0.15) is 37.9 Å². The number of hydrogen-bond acceptors (Lipinski definition) is 5. The third-order valence-electron chi connectivity index (χ3n) is 3.21. The molecule has 1 N–H and O–H groups in total. The summed E-state index contributed by atoms with van der Waals surface area (Å²) >= 11 is 0. The number of halogens is 1. The molecule has 0 aromatic carbocycles. The Hall–Kier alpha value is -0.650. The van der Waals surface area contributed by atoms with Gasteiger partial charge in [-0.3, -0.25) is 4.90 Å². The molecule has 0 amide bonds. The highest BCUT2D eigenvalue weighted by Gasteiger charge is 2.23. The summed E-state index contributed by atoms with van der Waals surface area (Å²) in [5.74, 6) is 2.63. The summed E-state index contributed by atoms with van der Waals surface area (Å²) in [5, 5.41) is 7.27. The van der Waals surface area contributed by atoms with Gasteiger partial charge in [-0.25, -0.2) is 0 Å². The second-order valence-corrected chi connectivity index (χ2v) is 5.15. The molecule has 1 aromatic heterocycles. The Labute approximate surface area is 115 Å². The van der Waals surface area contributed by atoms with E-state index in [4.69, 9.17) is 4.52 Å². The van der Waals surface area contributed by atoms with Gasteiger partial charge < -0.3 is 9.84 Å². The van der Waals surface area contributed by atoms with E-state index in [1.807, 2.05) is 7.05 Å². The Morgan fingerprint density at radius 3 is 2.89 bits per heavy atom. The lowest BCUT2D eigenvalue weighted by Gasteiger charge is -2.13. The van der Waals surface area contributed by atoms with E-state index in [-0.39, 0.29) is 12.4 Å². The topological polar surface area (TPSA) is 54.2 Å². The lowest BCUT2D eigenvalue weighted by Crippen LogP contribution is -2.24. The molecule has 5 nitrogen and oxygen atoms in total. The minimum absolute atomic E-state index is 0. The molecule has 0 saturated carbocycles. The van der Waals surface area contributed by atoms with Crippen molar-refractivity contribution in [3.8, 4) is 0 Å². The SMILES string of the molecule is CNCC1CCN(Cc2noc(C(C)C)n2)C1.Cl.